The highest BCUT2D eigenvalue weighted by Crippen LogP contribution is 2.44. The van der Waals surface area contributed by atoms with Crippen LogP contribution in [-0.4, -0.2) is 0 Å². The van der Waals surface area contributed by atoms with Crippen molar-refractivity contribution in [2.75, 3.05) is 9.80 Å². The summed E-state index contributed by atoms with van der Waals surface area (Å²) < 4.78 is 0. The Kier molecular flexibility index (Phi) is 8.11. The van der Waals surface area contributed by atoms with E-state index in [1.807, 2.05) is 13.8 Å². The Bertz CT molecular complexity index is 1670. The molecule has 212 valence electrons. The van der Waals surface area contributed by atoms with Gasteiger partial charge in [-0.1, -0.05) is 97.8 Å². The van der Waals surface area contributed by atoms with Gasteiger partial charge in [-0.3, -0.25) is 0 Å². The first-order valence-corrected chi connectivity index (χ1v) is 15.2. The lowest BCUT2D eigenvalue weighted by Crippen LogP contribution is -2.10. The molecule has 0 bridgehead atoms. The van der Waals surface area contributed by atoms with Crippen LogP contribution in [0, 0.1) is 13.8 Å². The maximum Gasteiger partial charge on any atom is 0.0464 e. The molecule has 43 heavy (non-hydrogen) atoms. The fraction of sp³-hybridized carbons (Fsp3) is 0.122. The SMILES string of the molecule is CC.Cc1ccc(N(c2ccccc2)c2ccc3c(c2)Cc2cc(N(c4ccccc4)c4ccc(C)cc4)ccc2-3)cc1. The van der Waals surface area contributed by atoms with Crippen molar-refractivity contribution in [2.45, 2.75) is 34.1 Å². The van der Waals surface area contributed by atoms with Gasteiger partial charge in [0.2, 0.25) is 0 Å². The van der Waals surface area contributed by atoms with E-state index in [1.54, 1.807) is 0 Å². The second-order valence-electron chi connectivity index (χ2n) is 10.9. The van der Waals surface area contributed by atoms with Gasteiger partial charge in [-0.25, -0.2) is 0 Å². The van der Waals surface area contributed by atoms with E-state index in [-0.39, 0.29) is 0 Å². The smallest absolute Gasteiger partial charge is 0.0464 e. The van der Waals surface area contributed by atoms with Gasteiger partial charge >= 0.3 is 0 Å². The number of rotatable bonds is 6. The minimum atomic E-state index is 0.916. The van der Waals surface area contributed by atoms with Crippen molar-refractivity contribution >= 4 is 34.1 Å². The van der Waals surface area contributed by atoms with Crippen LogP contribution in [0.1, 0.15) is 36.1 Å². The van der Waals surface area contributed by atoms with E-state index in [9.17, 15) is 0 Å². The average molecular weight is 559 g/mol. The Morgan fingerprint density at radius 2 is 0.698 bits per heavy atom. The topological polar surface area (TPSA) is 6.48 Å². The minimum Gasteiger partial charge on any atom is -0.310 e. The summed E-state index contributed by atoms with van der Waals surface area (Å²) in [5.41, 5.74) is 14.9. The van der Waals surface area contributed by atoms with Crippen LogP contribution in [-0.2, 0) is 6.42 Å². The van der Waals surface area contributed by atoms with Gasteiger partial charge in [-0.15, -0.1) is 0 Å². The van der Waals surface area contributed by atoms with Crippen LogP contribution in [0.4, 0.5) is 34.1 Å². The normalized spacial score (nSPS) is 11.2. The molecule has 0 saturated carbocycles. The molecule has 0 aliphatic heterocycles. The molecule has 0 atom stereocenters. The lowest BCUT2D eigenvalue weighted by atomic mass is 10.0. The van der Waals surface area contributed by atoms with Crippen LogP contribution >= 0.6 is 0 Å². The fourth-order valence-corrected chi connectivity index (χ4v) is 5.90. The van der Waals surface area contributed by atoms with E-state index < -0.39 is 0 Å². The number of para-hydroxylation sites is 2. The molecule has 0 radical (unpaired) electrons. The monoisotopic (exact) mass is 558 g/mol. The largest absolute Gasteiger partial charge is 0.310 e. The standard InChI is InChI=1S/C39H32N2.C2H6/c1-28-13-17-34(18-14-28)40(32-9-5-3-6-10-32)36-21-23-38-30(26-36)25-31-27-37(22-24-39(31)38)41(33-11-7-4-8-12-33)35-19-15-29(2)16-20-35;1-2/h3-24,26-27H,25H2,1-2H3;1-2H3. The van der Waals surface area contributed by atoms with Crippen molar-refractivity contribution in [3.05, 3.63) is 168 Å². The van der Waals surface area contributed by atoms with E-state index in [0.29, 0.717) is 0 Å². The Hall–Kier alpha value is -5.08. The minimum absolute atomic E-state index is 0.916. The van der Waals surface area contributed by atoms with E-state index in [1.165, 1.54) is 44.8 Å². The van der Waals surface area contributed by atoms with Crippen molar-refractivity contribution in [3.8, 4) is 11.1 Å². The zero-order valence-corrected chi connectivity index (χ0v) is 25.5. The van der Waals surface area contributed by atoms with Gasteiger partial charge < -0.3 is 9.80 Å². The molecule has 0 unspecified atom stereocenters. The zero-order chi connectivity index (χ0) is 29.8. The summed E-state index contributed by atoms with van der Waals surface area (Å²) in [7, 11) is 0. The molecule has 6 aromatic carbocycles. The van der Waals surface area contributed by atoms with Gasteiger partial charge in [0.25, 0.3) is 0 Å². The molecule has 6 aromatic rings. The van der Waals surface area contributed by atoms with Crippen molar-refractivity contribution in [1.82, 2.24) is 0 Å². The molecular formula is C41H38N2. The molecular weight excluding hydrogens is 520 g/mol. The molecule has 0 aromatic heterocycles. The zero-order valence-electron chi connectivity index (χ0n) is 25.5. The van der Waals surface area contributed by atoms with Gasteiger partial charge in [-0.2, -0.15) is 0 Å². The number of anilines is 6. The van der Waals surface area contributed by atoms with Crippen molar-refractivity contribution in [3.63, 3.8) is 0 Å². The second-order valence-corrected chi connectivity index (χ2v) is 10.9. The van der Waals surface area contributed by atoms with Crippen molar-refractivity contribution in [2.24, 2.45) is 0 Å². The fourth-order valence-electron chi connectivity index (χ4n) is 5.90. The van der Waals surface area contributed by atoms with Gasteiger partial charge in [0, 0.05) is 34.1 Å². The lowest BCUT2D eigenvalue weighted by molar-refractivity contribution is 1.22. The summed E-state index contributed by atoms with van der Waals surface area (Å²) in [5.74, 6) is 0. The molecule has 1 aliphatic carbocycles. The van der Waals surface area contributed by atoms with E-state index >= 15 is 0 Å². The number of hydrogen-bond donors (Lipinski definition) is 0. The molecule has 0 amide bonds. The van der Waals surface area contributed by atoms with Crippen LogP contribution in [0.3, 0.4) is 0 Å². The molecule has 2 heteroatoms. The number of fused-ring (bicyclic) bond motifs is 3. The number of nitrogens with zero attached hydrogens (tertiary/aromatic N) is 2. The Labute approximate surface area is 256 Å². The number of benzene rings is 6. The summed E-state index contributed by atoms with van der Waals surface area (Å²) in [5, 5.41) is 0. The third kappa shape index (κ3) is 5.69. The average Bonchev–Trinajstić information content (AvgIpc) is 3.42. The van der Waals surface area contributed by atoms with Crippen LogP contribution in [0.25, 0.3) is 11.1 Å². The molecule has 7 rings (SSSR count). The number of aryl methyl sites for hydroxylation is 2. The molecule has 0 heterocycles. The highest BCUT2D eigenvalue weighted by Gasteiger charge is 2.23. The van der Waals surface area contributed by atoms with Gasteiger partial charge in [0.15, 0.2) is 0 Å². The molecule has 0 saturated heterocycles. The quantitative estimate of drug-likeness (QED) is 0.200. The highest BCUT2D eigenvalue weighted by molar-refractivity contribution is 5.86. The third-order valence-electron chi connectivity index (χ3n) is 7.98. The van der Waals surface area contributed by atoms with Crippen LogP contribution in [0.2, 0.25) is 0 Å². The number of hydrogen-bond acceptors (Lipinski definition) is 2. The molecule has 2 nitrogen and oxygen atoms in total. The maximum atomic E-state index is 2.37. The Balaban J connectivity index is 0.00000161. The summed E-state index contributed by atoms with van der Waals surface area (Å²) in [6.45, 7) is 8.27. The second kappa shape index (κ2) is 12.4. The summed E-state index contributed by atoms with van der Waals surface area (Å²) in [6, 6.07) is 52.7. The first-order chi connectivity index (χ1) is 21.1. The summed E-state index contributed by atoms with van der Waals surface area (Å²) >= 11 is 0. The summed E-state index contributed by atoms with van der Waals surface area (Å²) in [6.07, 6.45) is 0.916. The predicted octanol–water partition coefficient (Wildman–Crippen LogP) is 11.8. The Morgan fingerprint density at radius 3 is 1.07 bits per heavy atom. The van der Waals surface area contributed by atoms with Crippen LogP contribution in [0.15, 0.2) is 146 Å². The van der Waals surface area contributed by atoms with Crippen molar-refractivity contribution in [1.29, 1.82) is 0 Å². The molecule has 0 fully saturated rings. The van der Waals surface area contributed by atoms with E-state index in [2.05, 4.69) is 169 Å². The van der Waals surface area contributed by atoms with Crippen LogP contribution in [0.5, 0.6) is 0 Å². The van der Waals surface area contributed by atoms with Gasteiger partial charge in [-0.05, 0) is 115 Å². The lowest BCUT2D eigenvalue weighted by Gasteiger charge is -2.26. The molecule has 1 aliphatic rings. The van der Waals surface area contributed by atoms with Gasteiger partial charge in [0.1, 0.15) is 0 Å². The third-order valence-corrected chi connectivity index (χ3v) is 7.98. The first kappa shape index (κ1) is 28.1. The molecule has 0 spiro atoms. The highest BCUT2D eigenvalue weighted by atomic mass is 15.1. The molecule has 0 N–H and O–H groups in total. The van der Waals surface area contributed by atoms with E-state index in [4.69, 9.17) is 0 Å². The Morgan fingerprint density at radius 1 is 0.372 bits per heavy atom. The predicted molar refractivity (Wildman–Crippen MR) is 185 cm³/mol. The van der Waals surface area contributed by atoms with E-state index in [0.717, 1.165) is 29.2 Å². The van der Waals surface area contributed by atoms with Gasteiger partial charge in [0.05, 0.1) is 0 Å². The first-order valence-electron chi connectivity index (χ1n) is 15.2. The van der Waals surface area contributed by atoms with Crippen LogP contribution < -0.4 is 9.80 Å². The maximum absolute atomic E-state index is 2.37. The summed E-state index contributed by atoms with van der Waals surface area (Å²) in [4.78, 5) is 4.70. The van der Waals surface area contributed by atoms with Crippen molar-refractivity contribution < 1.29 is 0 Å².